The van der Waals surface area contributed by atoms with E-state index in [1.165, 1.54) is 0 Å². The van der Waals surface area contributed by atoms with Gasteiger partial charge in [-0.1, -0.05) is 0 Å². The van der Waals surface area contributed by atoms with Crippen LogP contribution < -0.4 is 0 Å². The zero-order valence-electron chi connectivity index (χ0n) is 4.76. The number of aliphatic hydroxyl groups excluding tert-OH is 1. The quantitative estimate of drug-likeness (QED) is 0.529. The Kier molecular flexibility index (Phi) is 2.30. The number of hydrogen-bond acceptors (Lipinski definition) is 2. The molecule has 0 bridgehead atoms. The van der Waals surface area contributed by atoms with E-state index in [9.17, 15) is 0 Å². The number of ether oxygens (including phenoxy) is 1. The third-order valence-corrected chi connectivity index (χ3v) is 1.18. The summed E-state index contributed by atoms with van der Waals surface area (Å²) in [4.78, 5) is 0. The lowest BCUT2D eigenvalue weighted by molar-refractivity contribution is 0.0126. The molecule has 0 aromatic rings. The topological polar surface area (TPSA) is 29.5 Å². The summed E-state index contributed by atoms with van der Waals surface area (Å²) in [6, 6.07) is 0. The molecular formula is C6H10O2. The summed E-state index contributed by atoms with van der Waals surface area (Å²) < 4.78 is 5.07. The minimum Gasteiger partial charge on any atom is -0.394 e. The Hall–Kier alpha value is -0.0800. The van der Waals surface area contributed by atoms with Gasteiger partial charge >= 0.3 is 0 Å². The van der Waals surface area contributed by atoms with Crippen LogP contribution in [0.25, 0.3) is 0 Å². The Morgan fingerprint density at radius 1 is 1.75 bits per heavy atom. The lowest BCUT2D eigenvalue weighted by Crippen LogP contribution is -2.22. The van der Waals surface area contributed by atoms with Gasteiger partial charge in [-0.05, 0) is 12.8 Å². The molecule has 1 fully saturated rings. The highest BCUT2D eigenvalue weighted by atomic mass is 16.5. The van der Waals surface area contributed by atoms with Crippen molar-refractivity contribution < 1.29 is 9.84 Å². The molecule has 46 valence electrons. The van der Waals surface area contributed by atoms with E-state index in [2.05, 4.69) is 6.42 Å². The molecule has 1 saturated heterocycles. The van der Waals surface area contributed by atoms with E-state index in [1.54, 1.807) is 0 Å². The minimum atomic E-state index is -0.108. The van der Waals surface area contributed by atoms with Gasteiger partial charge in [0.2, 0.25) is 0 Å². The van der Waals surface area contributed by atoms with Gasteiger partial charge in [-0.2, -0.15) is 0 Å². The molecule has 1 N–H and O–H groups in total. The van der Waals surface area contributed by atoms with Crippen molar-refractivity contribution in [2.24, 2.45) is 0 Å². The fourth-order valence-corrected chi connectivity index (χ4v) is 0.737. The van der Waals surface area contributed by atoms with Crippen LogP contribution in [0.1, 0.15) is 12.8 Å². The molecule has 1 aliphatic rings. The first kappa shape index (κ1) is 6.05. The molecule has 8 heavy (non-hydrogen) atoms. The fourth-order valence-electron chi connectivity index (χ4n) is 0.737. The average Bonchev–Trinajstić information content (AvgIpc) is 1.90. The molecule has 0 saturated carbocycles. The lowest BCUT2D eigenvalue weighted by Gasteiger charge is -2.18. The van der Waals surface area contributed by atoms with E-state index >= 15 is 0 Å². The zero-order valence-corrected chi connectivity index (χ0v) is 4.76. The van der Waals surface area contributed by atoms with Crippen molar-refractivity contribution in [3.05, 3.63) is 6.42 Å². The average molecular weight is 114 g/mol. The molecule has 1 unspecified atom stereocenters. The first-order chi connectivity index (χ1) is 3.93. The summed E-state index contributed by atoms with van der Waals surface area (Å²) in [5.41, 5.74) is 0. The Balaban J connectivity index is 2.13. The van der Waals surface area contributed by atoms with E-state index in [4.69, 9.17) is 9.84 Å². The van der Waals surface area contributed by atoms with Crippen LogP contribution in [0.15, 0.2) is 0 Å². The summed E-state index contributed by atoms with van der Waals surface area (Å²) in [5, 5.41) is 8.50. The predicted octanol–water partition coefficient (Wildman–Crippen LogP) is 0.239. The van der Waals surface area contributed by atoms with Crippen molar-refractivity contribution >= 4 is 0 Å². The van der Waals surface area contributed by atoms with Crippen LogP contribution >= 0.6 is 0 Å². The molecule has 2 heteroatoms. The molecule has 0 spiro atoms. The smallest absolute Gasteiger partial charge is 0.0874 e. The van der Waals surface area contributed by atoms with E-state index in [1.807, 2.05) is 0 Å². The first-order valence-electron chi connectivity index (χ1n) is 2.89. The van der Waals surface area contributed by atoms with E-state index in [0.29, 0.717) is 0 Å². The fraction of sp³-hybridized carbons (Fsp3) is 0.833. The molecule has 0 aromatic heterocycles. The Bertz CT molecular complexity index is 57.5. The van der Waals surface area contributed by atoms with Gasteiger partial charge in [0.1, 0.15) is 0 Å². The maximum absolute atomic E-state index is 8.50. The van der Waals surface area contributed by atoms with Crippen molar-refractivity contribution in [2.75, 3.05) is 13.2 Å². The second kappa shape index (κ2) is 3.05. The zero-order chi connectivity index (χ0) is 5.82. The second-order valence-electron chi connectivity index (χ2n) is 1.85. The molecular weight excluding hydrogens is 104 g/mol. The van der Waals surface area contributed by atoms with Crippen molar-refractivity contribution in [3.63, 3.8) is 0 Å². The Morgan fingerprint density at radius 2 is 2.62 bits per heavy atom. The van der Waals surface area contributed by atoms with Crippen LogP contribution in [0.5, 0.6) is 0 Å². The monoisotopic (exact) mass is 114 g/mol. The number of aliphatic hydroxyl groups is 1. The number of hydrogen-bond donors (Lipinski definition) is 1. The molecule has 1 aliphatic heterocycles. The van der Waals surface area contributed by atoms with Gasteiger partial charge < -0.3 is 9.84 Å². The molecule has 0 amide bonds. The van der Waals surface area contributed by atoms with Gasteiger partial charge in [0.25, 0.3) is 0 Å². The van der Waals surface area contributed by atoms with Gasteiger partial charge in [-0.25, -0.2) is 0 Å². The first-order valence-corrected chi connectivity index (χ1v) is 2.89. The number of rotatable bonds is 1. The van der Waals surface area contributed by atoms with Crippen LogP contribution in [-0.2, 0) is 4.74 Å². The molecule has 1 atom stereocenters. The molecule has 1 rings (SSSR count). The van der Waals surface area contributed by atoms with Crippen LogP contribution in [0.3, 0.4) is 0 Å². The maximum atomic E-state index is 8.50. The van der Waals surface area contributed by atoms with Gasteiger partial charge in [0.05, 0.1) is 12.7 Å². The summed E-state index contributed by atoms with van der Waals surface area (Å²) in [5.74, 6) is 0. The third kappa shape index (κ3) is 1.46. The van der Waals surface area contributed by atoms with E-state index in [0.717, 1.165) is 19.4 Å². The molecule has 2 radical (unpaired) electrons. The highest BCUT2D eigenvalue weighted by Gasteiger charge is 2.11. The van der Waals surface area contributed by atoms with Crippen molar-refractivity contribution in [2.45, 2.75) is 18.9 Å². The molecule has 2 nitrogen and oxygen atoms in total. The standard InChI is InChI=1S/C6H10O2/c7-5-6-3-1-2-4-8-6/h6-7H,1-2,4-5H2. The maximum Gasteiger partial charge on any atom is 0.0874 e. The van der Waals surface area contributed by atoms with Crippen molar-refractivity contribution in [3.8, 4) is 0 Å². The van der Waals surface area contributed by atoms with E-state index in [-0.39, 0.29) is 12.7 Å². The van der Waals surface area contributed by atoms with Gasteiger partial charge in [-0.15, -0.1) is 0 Å². The van der Waals surface area contributed by atoms with Crippen LogP contribution in [0.2, 0.25) is 0 Å². The molecule has 0 aromatic carbocycles. The third-order valence-electron chi connectivity index (χ3n) is 1.18. The van der Waals surface area contributed by atoms with Crippen molar-refractivity contribution in [1.29, 1.82) is 0 Å². The highest BCUT2D eigenvalue weighted by molar-refractivity contribution is 4.79. The van der Waals surface area contributed by atoms with E-state index < -0.39 is 0 Å². The van der Waals surface area contributed by atoms with Crippen LogP contribution in [0, 0.1) is 6.42 Å². The van der Waals surface area contributed by atoms with Gasteiger partial charge in [-0.3, -0.25) is 0 Å². The lowest BCUT2D eigenvalue weighted by atomic mass is 10.1. The summed E-state index contributed by atoms with van der Waals surface area (Å²) in [6.07, 6.45) is 4.90. The van der Waals surface area contributed by atoms with Crippen molar-refractivity contribution in [1.82, 2.24) is 0 Å². The summed E-state index contributed by atoms with van der Waals surface area (Å²) >= 11 is 0. The Labute approximate surface area is 49.5 Å². The second-order valence-corrected chi connectivity index (χ2v) is 1.85. The SMILES string of the molecule is OCC1[C]CCCO1. The van der Waals surface area contributed by atoms with Gasteiger partial charge in [0, 0.05) is 13.0 Å². The normalized spacial score (nSPS) is 30.4. The highest BCUT2D eigenvalue weighted by Crippen LogP contribution is 2.09. The molecule has 0 aliphatic carbocycles. The summed E-state index contributed by atoms with van der Waals surface area (Å²) in [7, 11) is 0. The summed E-state index contributed by atoms with van der Waals surface area (Å²) in [6.45, 7) is 0.859. The van der Waals surface area contributed by atoms with Crippen LogP contribution in [-0.4, -0.2) is 24.4 Å². The van der Waals surface area contributed by atoms with Gasteiger partial charge in [0.15, 0.2) is 0 Å². The minimum absolute atomic E-state index is 0.0833. The van der Waals surface area contributed by atoms with Crippen LogP contribution in [0.4, 0.5) is 0 Å². The predicted molar refractivity (Wildman–Crippen MR) is 29.3 cm³/mol. The largest absolute Gasteiger partial charge is 0.394 e. The Morgan fingerprint density at radius 3 is 3.00 bits per heavy atom. The molecule has 1 heterocycles.